The van der Waals surface area contributed by atoms with Crippen LogP contribution in [0.15, 0.2) is 48.7 Å². The molecule has 4 nitrogen and oxygen atoms in total. The Bertz CT molecular complexity index is 1090. The van der Waals surface area contributed by atoms with Gasteiger partial charge in [-0.2, -0.15) is 31.4 Å². The number of halogens is 8. The molecule has 1 N–H and O–H groups in total. The number of amides is 1. The molecule has 0 aliphatic carbocycles. The number of aromatic nitrogens is 2. The van der Waals surface area contributed by atoms with Crippen molar-refractivity contribution in [2.75, 3.05) is 5.32 Å². The van der Waals surface area contributed by atoms with Crippen LogP contribution in [0.3, 0.4) is 0 Å². The van der Waals surface area contributed by atoms with Crippen molar-refractivity contribution in [3.8, 4) is 5.69 Å². The second-order valence-corrected chi connectivity index (χ2v) is 6.78. The predicted octanol–water partition coefficient (Wildman–Crippen LogP) is 6.47. The van der Waals surface area contributed by atoms with Gasteiger partial charge in [0.05, 0.1) is 33.7 Å². The van der Waals surface area contributed by atoms with Crippen LogP contribution in [0.25, 0.3) is 5.69 Å². The number of hydrogen-bond acceptors (Lipinski definition) is 2. The molecule has 0 aliphatic rings. The number of anilines is 1. The molecule has 0 bridgehead atoms. The molecular weight excluding hydrogens is 459 g/mol. The first-order chi connectivity index (χ1) is 13.9. The lowest BCUT2D eigenvalue weighted by molar-refractivity contribution is -0.143. The highest BCUT2D eigenvalue weighted by atomic mass is 35.5. The van der Waals surface area contributed by atoms with E-state index < -0.39 is 40.8 Å². The Labute approximate surface area is 175 Å². The minimum Gasteiger partial charge on any atom is -0.321 e. The van der Waals surface area contributed by atoms with Crippen molar-refractivity contribution in [1.29, 1.82) is 0 Å². The first-order valence-corrected chi connectivity index (χ1v) is 8.73. The summed E-state index contributed by atoms with van der Waals surface area (Å²) >= 11 is 11.5. The van der Waals surface area contributed by atoms with Crippen LogP contribution in [0.2, 0.25) is 10.0 Å². The van der Waals surface area contributed by atoms with Gasteiger partial charge in [-0.1, -0.05) is 23.2 Å². The molecule has 0 saturated carbocycles. The third kappa shape index (κ3) is 4.54. The summed E-state index contributed by atoms with van der Waals surface area (Å²) in [6, 6.07) is 7.27. The fourth-order valence-corrected chi connectivity index (χ4v) is 2.84. The topological polar surface area (TPSA) is 46.9 Å². The Morgan fingerprint density at radius 2 is 1.57 bits per heavy atom. The number of alkyl halides is 6. The van der Waals surface area contributed by atoms with Gasteiger partial charge in [-0.25, -0.2) is 4.68 Å². The van der Waals surface area contributed by atoms with Crippen LogP contribution >= 0.6 is 23.2 Å². The summed E-state index contributed by atoms with van der Waals surface area (Å²) < 4.78 is 80.1. The molecule has 0 spiro atoms. The molecule has 1 amide bonds. The Hall–Kier alpha value is -2.72. The maximum Gasteiger partial charge on any atom is 0.434 e. The van der Waals surface area contributed by atoms with Gasteiger partial charge in [0.25, 0.3) is 5.91 Å². The summed E-state index contributed by atoms with van der Waals surface area (Å²) in [7, 11) is 0. The minimum atomic E-state index is -5.00. The normalized spacial score (nSPS) is 12.1. The average Bonchev–Trinajstić information content (AvgIpc) is 3.09. The maximum absolute atomic E-state index is 13.7. The van der Waals surface area contributed by atoms with Crippen LogP contribution in [0.5, 0.6) is 0 Å². The van der Waals surface area contributed by atoms with Crippen molar-refractivity contribution in [3.63, 3.8) is 0 Å². The summed E-state index contributed by atoms with van der Waals surface area (Å²) in [4.78, 5) is 12.5. The summed E-state index contributed by atoms with van der Waals surface area (Å²) in [5.74, 6) is -1.33. The highest BCUT2D eigenvalue weighted by molar-refractivity contribution is 6.34. The molecule has 0 unspecified atom stereocenters. The van der Waals surface area contributed by atoms with Crippen molar-refractivity contribution in [2.24, 2.45) is 0 Å². The van der Waals surface area contributed by atoms with Gasteiger partial charge in [-0.3, -0.25) is 4.79 Å². The summed E-state index contributed by atoms with van der Waals surface area (Å²) in [5.41, 5.74) is -3.96. The van der Waals surface area contributed by atoms with Crippen molar-refractivity contribution in [2.45, 2.75) is 12.4 Å². The van der Waals surface area contributed by atoms with Gasteiger partial charge in [0.2, 0.25) is 0 Å². The third-order valence-electron chi connectivity index (χ3n) is 3.90. The zero-order chi connectivity index (χ0) is 22.3. The van der Waals surface area contributed by atoms with E-state index in [0.717, 1.165) is 6.07 Å². The Morgan fingerprint density at radius 1 is 0.933 bits per heavy atom. The second kappa shape index (κ2) is 7.84. The molecule has 0 atom stereocenters. The highest BCUT2D eigenvalue weighted by Gasteiger charge is 2.41. The molecule has 3 aromatic rings. The lowest BCUT2D eigenvalue weighted by Crippen LogP contribution is -2.21. The fourth-order valence-electron chi connectivity index (χ4n) is 2.55. The molecule has 1 aromatic heterocycles. The fraction of sp³-hybridized carbons (Fsp3) is 0.111. The van der Waals surface area contributed by atoms with E-state index in [1.807, 2.05) is 5.32 Å². The van der Waals surface area contributed by atoms with E-state index in [9.17, 15) is 31.1 Å². The van der Waals surface area contributed by atoms with Crippen molar-refractivity contribution in [3.05, 3.63) is 75.5 Å². The SMILES string of the molecule is O=C(Nc1cc(C(F)(F)F)ccc1Cl)c1cnn(-c2ccc(Cl)cc2)c1C(F)(F)F. The quantitative estimate of drug-likeness (QED) is 0.448. The van der Waals surface area contributed by atoms with Gasteiger partial charge in [0.15, 0.2) is 5.69 Å². The van der Waals surface area contributed by atoms with Crippen LogP contribution in [-0.4, -0.2) is 15.7 Å². The molecule has 2 aromatic carbocycles. The number of rotatable bonds is 3. The smallest absolute Gasteiger partial charge is 0.321 e. The first-order valence-electron chi connectivity index (χ1n) is 7.97. The minimum absolute atomic E-state index is 0.0251. The van der Waals surface area contributed by atoms with Gasteiger partial charge in [0, 0.05) is 5.02 Å². The van der Waals surface area contributed by atoms with Gasteiger partial charge in [-0.05, 0) is 42.5 Å². The molecule has 0 saturated heterocycles. The molecule has 0 radical (unpaired) electrons. The molecule has 158 valence electrons. The van der Waals surface area contributed by atoms with Crippen molar-refractivity contribution >= 4 is 34.8 Å². The molecular formula is C18H9Cl2F6N3O. The standard InChI is InChI=1S/C18H9Cl2F6N3O/c19-10-2-4-11(5-3-10)29-15(18(24,25)26)12(8-27-29)16(30)28-14-7-9(17(21,22)23)1-6-13(14)20/h1-8H,(H,28,30). The van der Waals surface area contributed by atoms with Crippen LogP contribution in [0, 0.1) is 0 Å². The van der Waals surface area contributed by atoms with Crippen LogP contribution in [0.1, 0.15) is 21.6 Å². The monoisotopic (exact) mass is 467 g/mol. The number of carbonyl (C=O) groups excluding carboxylic acids is 1. The Kier molecular flexibility index (Phi) is 5.74. The average molecular weight is 468 g/mol. The second-order valence-electron chi connectivity index (χ2n) is 5.94. The van der Waals surface area contributed by atoms with E-state index >= 15 is 0 Å². The van der Waals surface area contributed by atoms with E-state index in [1.165, 1.54) is 24.3 Å². The highest BCUT2D eigenvalue weighted by Crippen LogP contribution is 2.36. The van der Waals surface area contributed by atoms with Crippen LogP contribution in [0.4, 0.5) is 32.0 Å². The third-order valence-corrected chi connectivity index (χ3v) is 4.48. The largest absolute Gasteiger partial charge is 0.434 e. The predicted molar refractivity (Wildman–Crippen MR) is 98.0 cm³/mol. The molecule has 12 heteroatoms. The zero-order valence-corrected chi connectivity index (χ0v) is 16.0. The van der Waals surface area contributed by atoms with Crippen LogP contribution < -0.4 is 5.32 Å². The molecule has 1 heterocycles. The van der Waals surface area contributed by atoms with E-state index in [4.69, 9.17) is 23.2 Å². The van der Waals surface area contributed by atoms with E-state index in [0.29, 0.717) is 23.0 Å². The maximum atomic E-state index is 13.7. The Morgan fingerprint density at radius 3 is 2.13 bits per heavy atom. The van der Waals surface area contributed by atoms with E-state index in [1.54, 1.807) is 0 Å². The van der Waals surface area contributed by atoms with Gasteiger partial charge in [-0.15, -0.1) is 0 Å². The van der Waals surface area contributed by atoms with Crippen molar-refractivity contribution in [1.82, 2.24) is 9.78 Å². The number of carbonyl (C=O) groups is 1. The van der Waals surface area contributed by atoms with E-state index in [-0.39, 0.29) is 15.7 Å². The van der Waals surface area contributed by atoms with Crippen LogP contribution in [-0.2, 0) is 12.4 Å². The molecule has 3 rings (SSSR count). The number of nitrogens with one attached hydrogen (secondary N) is 1. The molecule has 0 aliphatic heterocycles. The van der Waals surface area contributed by atoms with Crippen molar-refractivity contribution < 1.29 is 31.1 Å². The van der Waals surface area contributed by atoms with E-state index in [2.05, 4.69) is 5.10 Å². The lowest BCUT2D eigenvalue weighted by atomic mass is 10.1. The number of nitrogens with zero attached hydrogens (tertiary/aromatic N) is 2. The zero-order valence-electron chi connectivity index (χ0n) is 14.4. The Balaban J connectivity index is 2.02. The van der Waals surface area contributed by atoms with Gasteiger partial charge >= 0.3 is 12.4 Å². The molecule has 30 heavy (non-hydrogen) atoms. The first kappa shape index (κ1) is 22.0. The summed E-state index contributed by atoms with van der Waals surface area (Å²) in [5, 5.41) is 5.58. The number of hydrogen-bond donors (Lipinski definition) is 1. The molecule has 0 fully saturated rings. The summed E-state index contributed by atoms with van der Waals surface area (Å²) in [6.45, 7) is 0. The number of benzene rings is 2. The summed E-state index contributed by atoms with van der Waals surface area (Å²) in [6.07, 6.45) is -9.07. The lowest BCUT2D eigenvalue weighted by Gasteiger charge is -2.14. The van der Waals surface area contributed by atoms with Gasteiger partial charge < -0.3 is 5.32 Å². The van der Waals surface area contributed by atoms with Gasteiger partial charge in [0.1, 0.15) is 0 Å².